The number of ether oxygens (including phenoxy) is 2. The van der Waals surface area contributed by atoms with E-state index in [0.717, 1.165) is 35.0 Å². The summed E-state index contributed by atoms with van der Waals surface area (Å²) in [6.07, 6.45) is 3.10. The average molecular weight is 203 g/mol. The fraction of sp³-hybridized carbons (Fsp3) is 1.00. The van der Waals surface area contributed by atoms with Gasteiger partial charge in [0.15, 0.2) is 0 Å². The number of hydrogen-bond acceptors (Lipinski definition) is 3. The maximum absolute atomic E-state index is 5.73. The number of nitrogens with zero attached hydrogens (tertiary/aromatic N) is 1. The van der Waals surface area contributed by atoms with Crippen LogP contribution in [0.15, 0.2) is 0 Å². The van der Waals surface area contributed by atoms with Crippen LogP contribution in [-0.2, 0) is 9.47 Å². The highest BCUT2D eigenvalue weighted by atomic mass is 31.1. The second kappa shape index (κ2) is 4.70. The van der Waals surface area contributed by atoms with Gasteiger partial charge in [0.1, 0.15) is 0 Å². The first kappa shape index (κ1) is 9.85. The van der Waals surface area contributed by atoms with Crippen LogP contribution in [0.25, 0.3) is 0 Å². The highest BCUT2D eigenvalue weighted by Gasteiger charge is 2.30. The third-order valence-electron chi connectivity index (χ3n) is 2.79. The molecule has 2 fully saturated rings. The summed E-state index contributed by atoms with van der Waals surface area (Å²) in [6, 6.07) is 0. The second-order valence-corrected chi connectivity index (χ2v) is 4.71. The summed E-state index contributed by atoms with van der Waals surface area (Å²) in [5.74, 6) is 0. The van der Waals surface area contributed by atoms with Crippen molar-refractivity contribution >= 4 is 8.73 Å². The van der Waals surface area contributed by atoms with Crippen LogP contribution in [0, 0.1) is 0 Å². The van der Waals surface area contributed by atoms with Gasteiger partial charge in [-0.2, -0.15) is 0 Å². The van der Waals surface area contributed by atoms with Crippen molar-refractivity contribution in [3.05, 3.63) is 0 Å². The topological polar surface area (TPSA) is 21.7 Å². The zero-order valence-corrected chi connectivity index (χ0v) is 9.16. The fourth-order valence-electron chi connectivity index (χ4n) is 2.00. The normalized spacial score (nSPS) is 37.6. The molecule has 3 nitrogen and oxygen atoms in total. The monoisotopic (exact) mass is 203 g/mol. The molecule has 3 unspecified atom stereocenters. The van der Waals surface area contributed by atoms with Crippen molar-refractivity contribution in [2.45, 2.75) is 25.0 Å². The smallest absolute Gasteiger partial charge is 0.0966 e. The molecule has 2 heterocycles. The molecule has 2 aliphatic rings. The Hall–Kier alpha value is 0.310. The van der Waals surface area contributed by atoms with Crippen molar-refractivity contribution in [1.82, 2.24) is 4.67 Å². The first-order valence-corrected chi connectivity index (χ1v) is 6.50. The molecule has 0 radical (unpaired) electrons. The molecule has 0 saturated carbocycles. The van der Waals surface area contributed by atoms with Gasteiger partial charge in [-0.3, -0.25) is 4.67 Å². The molecule has 2 aliphatic heterocycles. The molecule has 0 bridgehead atoms. The van der Waals surface area contributed by atoms with Gasteiger partial charge in [0, 0.05) is 19.7 Å². The summed E-state index contributed by atoms with van der Waals surface area (Å²) in [7, 11) is 0.907. The summed E-state index contributed by atoms with van der Waals surface area (Å²) < 4.78 is 13.8. The van der Waals surface area contributed by atoms with E-state index in [-0.39, 0.29) is 0 Å². The van der Waals surface area contributed by atoms with E-state index in [1.54, 1.807) is 0 Å². The van der Waals surface area contributed by atoms with E-state index in [9.17, 15) is 0 Å². The highest BCUT2D eigenvalue weighted by Crippen LogP contribution is 2.24. The van der Waals surface area contributed by atoms with Gasteiger partial charge >= 0.3 is 0 Å². The van der Waals surface area contributed by atoms with Crippen LogP contribution in [0.4, 0.5) is 0 Å². The lowest BCUT2D eigenvalue weighted by Crippen LogP contribution is -2.44. The Morgan fingerprint density at radius 3 is 2.77 bits per heavy atom. The van der Waals surface area contributed by atoms with Crippen molar-refractivity contribution < 1.29 is 9.47 Å². The predicted molar refractivity (Wildman–Crippen MR) is 54.5 cm³/mol. The van der Waals surface area contributed by atoms with Crippen molar-refractivity contribution in [1.29, 1.82) is 0 Å². The molecule has 0 aromatic heterocycles. The summed E-state index contributed by atoms with van der Waals surface area (Å²) in [5.41, 5.74) is 0. The Labute approximate surface area is 81.6 Å². The van der Waals surface area contributed by atoms with E-state index >= 15 is 0 Å². The second-order valence-electron chi connectivity index (χ2n) is 3.63. The lowest BCUT2D eigenvalue weighted by Gasteiger charge is -2.34. The minimum atomic E-state index is 0.337. The van der Waals surface area contributed by atoms with Crippen LogP contribution < -0.4 is 0 Å². The number of hydrogen-bond donors (Lipinski definition) is 0. The molecule has 3 atom stereocenters. The molecule has 2 rings (SSSR count). The van der Waals surface area contributed by atoms with Gasteiger partial charge in [0.25, 0.3) is 0 Å². The lowest BCUT2D eigenvalue weighted by atomic mass is 10.1. The molecule has 0 aromatic rings. The minimum Gasteiger partial charge on any atom is -0.375 e. The van der Waals surface area contributed by atoms with E-state index in [0.29, 0.717) is 12.2 Å². The highest BCUT2D eigenvalue weighted by molar-refractivity contribution is 7.34. The van der Waals surface area contributed by atoms with E-state index < -0.39 is 0 Å². The van der Waals surface area contributed by atoms with Crippen LogP contribution in [0.2, 0.25) is 0 Å². The zero-order valence-electron chi connectivity index (χ0n) is 8.16. The van der Waals surface area contributed by atoms with Gasteiger partial charge in [0.2, 0.25) is 0 Å². The van der Waals surface area contributed by atoms with Gasteiger partial charge in [0.05, 0.1) is 18.8 Å². The van der Waals surface area contributed by atoms with Crippen molar-refractivity contribution in [2.24, 2.45) is 0 Å². The third kappa shape index (κ3) is 2.41. The number of rotatable bonds is 2. The summed E-state index contributed by atoms with van der Waals surface area (Å²) in [6.45, 7) is 6.21. The Balaban J connectivity index is 1.84. The SMILES string of the molecule is CPN1CCOC(C2CCCO2)C1. The Bertz CT molecular complexity index is 162. The summed E-state index contributed by atoms with van der Waals surface area (Å²) in [4.78, 5) is 0. The molecule has 13 heavy (non-hydrogen) atoms. The largest absolute Gasteiger partial charge is 0.375 e. The fourth-order valence-corrected chi connectivity index (χ4v) is 2.68. The van der Waals surface area contributed by atoms with Gasteiger partial charge in [-0.1, -0.05) is 8.73 Å². The van der Waals surface area contributed by atoms with Gasteiger partial charge in [-0.25, -0.2) is 0 Å². The standard InChI is InChI=1S/C9H18NO2P/c1-13-10-4-6-12-9(7-10)8-3-2-5-11-8/h8-9,13H,2-7H2,1H3. The van der Waals surface area contributed by atoms with Crippen LogP contribution in [0.1, 0.15) is 12.8 Å². The van der Waals surface area contributed by atoms with Crippen molar-refractivity contribution in [3.8, 4) is 0 Å². The molecular formula is C9H18NO2P. The van der Waals surface area contributed by atoms with Crippen LogP contribution in [0.5, 0.6) is 0 Å². The predicted octanol–water partition coefficient (Wildman–Crippen LogP) is 1.09. The van der Waals surface area contributed by atoms with Crippen molar-refractivity contribution in [2.75, 3.05) is 33.0 Å². The van der Waals surface area contributed by atoms with E-state index in [2.05, 4.69) is 11.3 Å². The van der Waals surface area contributed by atoms with E-state index in [1.807, 2.05) is 0 Å². The Morgan fingerprint density at radius 1 is 1.23 bits per heavy atom. The first-order valence-electron chi connectivity index (χ1n) is 5.05. The van der Waals surface area contributed by atoms with Crippen molar-refractivity contribution in [3.63, 3.8) is 0 Å². The Kier molecular flexibility index (Phi) is 3.56. The molecule has 0 N–H and O–H groups in total. The van der Waals surface area contributed by atoms with Crippen LogP contribution >= 0.6 is 8.73 Å². The molecule has 0 aromatic carbocycles. The molecular weight excluding hydrogens is 185 g/mol. The van der Waals surface area contributed by atoms with Gasteiger partial charge in [-0.15, -0.1) is 0 Å². The Morgan fingerprint density at radius 2 is 2.08 bits per heavy atom. The van der Waals surface area contributed by atoms with Gasteiger partial charge < -0.3 is 9.47 Å². The number of morpholine rings is 1. The lowest BCUT2D eigenvalue weighted by molar-refractivity contribution is -0.0774. The van der Waals surface area contributed by atoms with Crippen LogP contribution in [-0.4, -0.2) is 49.8 Å². The molecule has 4 heteroatoms. The van der Waals surface area contributed by atoms with Gasteiger partial charge in [-0.05, 0) is 19.5 Å². The third-order valence-corrected chi connectivity index (χ3v) is 3.83. The molecule has 0 spiro atoms. The maximum atomic E-state index is 5.73. The van der Waals surface area contributed by atoms with E-state index in [4.69, 9.17) is 9.47 Å². The van der Waals surface area contributed by atoms with E-state index in [1.165, 1.54) is 12.8 Å². The molecule has 76 valence electrons. The minimum absolute atomic E-state index is 0.337. The molecule has 0 aliphatic carbocycles. The average Bonchev–Trinajstić information content (AvgIpc) is 2.71. The molecule has 0 amide bonds. The summed E-state index contributed by atoms with van der Waals surface area (Å²) in [5, 5.41) is 0. The van der Waals surface area contributed by atoms with Crippen LogP contribution in [0.3, 0.4) is 0 Å². The summed E-state index contributed by atoms with van der Waals surface area (Å²) >= 11 is 0. The quantitative estimate of drug-likeness (QED) is 0.627. The molecule has 2 saturated heterocycles. The first-order chi connectivity index (χ1) is 6.40. The zero-order chi connectivity index (χ0) is 9.10. The maximum Gasteiger partial charge on any atom is 0.0966 e.